The van der Waals surface area contributed by atoms with Gasteiger partial charge < -0.3 is 10.3 Å². The van der Waals surface area contributed by atoms with Crippen molar-refractivity contribution in [3.05, 3.63) is 78.0 Å². The van der Waals surface area contributed by atoms with Crippen molar-refractivity contribution in [3.63, 3.8) is 0 Å². The zero-order valence-corrected chi connectivity index (χ0v) is 15.1. The zero-order valence-electron chi connectivity index (χ0n) is 15.1. The Bertz CT molecular complexity index is 928. The molecule has 0 spiro atoms. The average Bonchev–Trinajstić information content (AvgIpc) is 3.14. The molecular weight excluding hydrogens is 355 g/mol. The highest BCUT2D eigenvalue weighted by Crippen LogP contribution is 2.31. The Balaban J connectivity index is 2.50. The molecule has 2 N–H and O–H groups in total. The minimum absolute atomic E-state index is 0.0558. The molecule has 27 heavy (non-hydrogen) atoms. The Hall–Kier alpha value is -3.09. The van der Waals surface area contributed by atoms with Gasteiger partial charge >= 0.3 is 0 Å². The quantitative estimate of drug-likeness (QED) is 0.665. The van der Waals surface area contributed by atoms with Gasteiger partial charge in [-0.3, -0.25) is 0 Å². The van der Waals surface area contributed by atoms with Crippen LogP contribution in [0.5, 0.6) is 0 Å². The average molecular weight is 375 g/mol. The van der Waals surface area contributed by atoms with Crippen LogP contribution in [0.3, 0.4) is 0 Å². The summed E-state index contributed by atoms with van der Waals surface area (Å²) >= 11 is 0. The first kappa shape index (κ1) is 20.2. The van der Waals surface area contributed by atoms with E-state index in [1.807, 2.05) is 6.92 Å². The number of halogens is 3. The summed E-state index contributed by atoms with van der Waals surface area (Å²) < 4.78 is 46.4. The molecule has 7 heteroatoms. The molecule has 0 aliphatic rings. The lowest BCUT2D eigenvalue weighted by molar-refractivity contribution is 0.406. The van der Waals surface area contributed by atoms with Crippen molar-refractivity contribution >= 4 is 5.70 Å². The van der Waals surface area contributed by atoms with Gasteiger partial charge in [-0.1, -0.05) is 38.2 Å². The van der Waals surface area contributed by atoms with Crippen LogP contribution in [0.4, 0.5) is 13.2 Å². The number of benzene rings is 1. The van der Waals surface area contributed by atoms with E-state index < -0.39 is 23.4 Å². The molecule has 0 bridgehead atoms. The van der Waals surface area contributed by atoms with E-state index in [9.17, 15) is 13.2 Å². The molecule has 1 heterocycles. The molecular formula is C20H20F3N3O. The van der Waals surface area contributed by atoms with Crippen molar-refractivity contribution in [2.45, 2.75) is 20.3 Å². The Labute approximate surface area is 155 Å². The summed E-state index contributed by atoms with van der Waals surface area (Å²) in [7, 11) is 0. The maximum atomic E-state index is 14.0. The fourth-order valence-electron chi connectivity index (χ4n) is 2.77. The first-order valence-corrected chi connectivity index (χ1v) is 8.26. The number of aromatic nitrogens is 2. The van der Waals surface area contributed by atoms with Crippen molar-refractivity contribution in [1.82, 2.24) is 10.1 Å². The van der Waals surface area contributed by atoms with Crippen LogP contribution in [0, 0.1) is 17.6 Å². The fourth-order valence-corrected chi connectivity index (χ4v) is 2.77. The number of allylic oxidation sites excluding steroid dienone is 5. The SMILES string of the molecule is C=C/C(F)=C(\C=C)C(C)/C(CC)=C(\N)c1nc(-c2cc(F)ccc2F)no1. The molecule has 142 valence electrons. The Morgan fingerprint density at radius 1 is 1.30 bits per heavy atom. The van der Waals surface area contributed by atoms with Gasteiger partial charge in [0.15, 0.2) is 0 Å². The van der Waals surface area contributed by atoms with E-state index in [1.165, 1.54) is 6.08 Å². The molecule has 4 nitrogen and oxygen atoms in total. The minimum Gasteiger partial charge on any atom is -0.394 e. The molecule has 0 fully saturated rings. The van der Waals surface area contributed by atoms with Gasteiger partial charge in [-0.15, -0.1) is 0 Å². The molecule has 0 amide bonds. The third kappa shape index (κ3) is 4.19. The van der Waals surface area contributed by atoms with E-state index in [2.05, 4.69) is 23.3 Å². The second-order valence-corrected chi connectivity index (χ2v) is 5.77. The Kier molecular flexibility index (Phi) is 6.39. The normalized spacial score (nSPS) is 14.3. The lowest BCUT2D eigenvalue weighted by Gasteiger charge is -2.18. The van der Waals surface area contributed by atoms with Crippen LogP contribution in [-0.4, -0.2) is 10.1 Å². The van der Waals surface area contributed by atoms with Gasteiger partial charge in [0.1, 0.15) is 17.5 Å². The van der Waals surface area contributed by atoms with Gasteiger partial charge in [-0.25, -0.2) is 13.2 Å². The number of nitrogens with two attached hydrogens (primary N) is 1. The van der Waals surface area contributed by atoms with Crippen LogP contribution >= 0.6 is 0 Å². The van der Waals surface area contributed by atoms with Crippen LogP contribution in [-0.2, 0) is 0 Å². The van der Waals surface area contributed by atoms with E-state index in [1.54, 1.807) is 6.92 Å². The van der Waals surface area contributed by atoms with Gasteiger partial charge in [0, 0.05) is 5.92 Å². The summed E-state index contributed by atoms with van der Waals surface area (Å²) in [6, 6.07) is 2.92. The van der Waals surface area contributed by atoms with Crippen molar-refractivity contribution in [2.24, 2.45) is 11.7 Å². The van der Waals surface area contributed by atoms with Crippen LogP contribution in [0.2, 0.25) is 0 Å². The molecule has 2 rings (SSSR count). The van der Waals surface area contributed by atoms with Gasteiger partial charge in [-0.05, 0) is 41.8 Å². The summed E-state index contributed by atoms with van der Waals surface area (Å²) in [5.74, 6) is -2.45. The highest BCUT2D eigenvalue weighted by Gasteiger charge is 2.21. The number of hydrogen-bond donors (Lipinski definition) is 1. The van der Waals surface area contributed by atoms with E-state index in [4.69, 9.17) is 10.3 Å². The highest BCUT2D eigenvalue weighted by molar-refractivity contribution is 5.64. The van der Waals surface area contributed by atoms with E-state index in [0.29, 0.717) is 17.6 Å². The summed E-state index contributed by atoms with van der Waals surface area (Å²) in [6.45, 7) is 10.6. The zero-order chi connectivity index (χ0) is 20.1. The fraction of sp³-hybridized carbons (Fsp3) is 0.200. The largest absolute Gasteiger partial charge is 0.394 e. The van der Waals surface area contributed by atoms with Crippen LogP contribution in [0.25, 0.3) is 17.1 Å². The lowest BCUT2D eigenvalue weighted by atomic mass is 9.88. The highest BCUT2D eigenvalue weighted by atomic mass is 19.1. The minimum atomic E-state index is -0.694. The first-order chi connectivity index (χ1) is 12.8. The smallest absolute Gasteiger partial charge is 0.274 e. The number of hydrogen-bond acceptors (Lipinski definition) is 4. The summed E-state index contributed by atoms with van der Waals surface area (Å²) in [6.07, 6.45) is 2.96. The molecule has 1 aromatic carbocycles. The molecule has 1 aromatic heterocycles. The van der Waals surface area contributed by atoms with E-state index in [-0.39, 0.29) is 23.0 Å². The lowest BCUT2D eigenvalue weighted by Crippen LogP contribution is -2.10. The van der Waals surface area contributed by atoms with E-state index >= 15 is 0 Å². The molecule has 0 saturated heterocycles. The van der Waals surface area contributed by atoms with Crippen molar-refractivity contribution in [1.29, 1.82) is 0 Å². The second kappa shape index (κ2) is 8.53. The number of nitrogens with zero attached hydrogens (tertiary/aromatic N) is 2. The van der Waals surface area contributed by atoms with Crippen LogP contribution in [0.15, 0.2) is 65.0 Å². The van der Waals surface area contributed by atoms with E-state index in [0.717, 1.165) is 24.3 Å². The number of rotatable bonds is 7. The van der Waals surface area contributed by atoms with Crippen molar-refractivity contribution in [3.8, 4) is 11.4 Å². The second-order valence-electron chi connectivity index (χ2n) is 5.77. The molecule has 0 aliphatic heterocycles. The third-order valence-corrected chi connectivity index (χ3v) is 4.22. The molecule has 0 saturated carbocycles. The van der Waals surface area contributed by atoms with Gasteiger partial charge in [0.25, 0.3) is 5.89 Å². The molecule has 2 aromatic rings. The predicted molar refractivity (Wildman–Crippen MR) is 98.7 cm³/mol. The van der Waals surface area contributed by atoms with Crippen LogP contribution < -0.4 is 5.73 Å². The van der Waals surface area contributed by atoms with Gasteiger partial charge in [0.05, 0.1) is 11.3 Å². The Morgan fingerprint density at radius 3 is 2.59 bits per heavy atom. The van der Waals surface area contributed by atoms with Crippen LogP contribution in [0.1, 0.15) is 26.2 Å². The predicted octanol–water partition coefficient (Wildman–Crippen LogP) is 5.33. The summed E-state index contributed by atoms with van der Waals surface area (Å²) in [4.78, 5) is 4.06. The Morgan fingerprint density at radius 2 is 2.00 bits per heavy atom. The topological polar surface area (TPSA) is 64.9 Å². The molecule has 1 unspecified atom stereocenters. The van der Waals surface area contributed by atoms with Gasteiger partial charge in [0.2, 0.25) is 5.82 Å². The summed E-state index contributed by atoms with van der Waals surface area (Å²) in [5, 5.41) is 3.67. The monoisotopic (exact) mass is 375 g/mol. The first-order valence-electron chi connectivity index (χ1n) is 8.26. The standard InChI is InChI=1S/C20H20F3N3O/c1-5-13(16(22)7-3)11(4)14(6-2)18(24)20-25-19(26-27-20)15-10-12(21)8-9-17(15)23/h5,7-11H,1,3,6,24H2,2,4H3/b16-13-,18-14-. The maximum absolute atomic E-state index is 14.0. The molecule has 1 atom stereocenters. The van der Waals surface area contributed by atoms with Crippen molar-refractivity contribution in [2.75, 3.05) is 0 Å². The van der Waals surface area contributed by atoms with Crippen molar-refractivity contribution < 1.29 is 17.7 Å². The molecule has 0 radical (unpaired) electrons. The third-order valence-electron chi connectivity index (χ3n) is 4.22. The summed E-state index contributed by atoms with van der Waals surface area (Å²) in [5.41, 5.74) is 7.12. The van der Waals surface area contributed by atoms with Gasteiger partial charge in [-0.2, -0.15) is 4.98 Å². The molecule has 0 aliphatic carbocycles. The maximum Gasteiger partial charge on any atom is 0.274 e.